The monoisotopic (exact) mass is 543 g/mol. The quantitative estimate of drug-likeness (QED) is 0.225. The molecule has 0 aliphatic rings. The first kappa shape index (κ1) is 26.1. The van der Waals surface area contributed by atoms with E-state index in [0.717, 1.165) is 33.2 Å². The van der Waals surface area contributed by atoms with Crippen LogP contribution in [0.5, 0.6) is 0 Å². The summed E-state index contributed by atoms with van der Waals surface area (Å²) in [5.41, 5.74) is 5.87. The van der Waals surface area contributed by atoms with E-state index in [1.54, 1.807) is 18.7 Å². The molecular formula is C34H29N3O4. The summed E-state index contributed by atoms with van der Waals surface area (Å²) in [6.45, 7) is 1.93. The largest absolute Gasteiger partial charge is 0.444 e. The number of carbonyl (C=O) groups is 1. The summed E-state index contributed by atoms with van der Waals surface area (Å²) in [6.07, 6.45) is 6.47. The molecule has 0 unspecified atom stereocenters. The number of oxazole rings is 1. The highest BCUT2D eigenvalue weighted by molar-refractivity contribution is 5.93. The average Bonchev–Trinajstić information content (AvgIpc) is 3.63. The number of pyridine rings is 1. The highest BCUT2D eigenvalue weighted by atomic mass is 16.7. The second-order valence-electron chi connectivity index (χ2n) is 9.96. The zero-order chi connectivity index (χ0) is 28.2. The van der Waals surface area contributed by atoms with Crippen LogP contribution >= 0.6 is 0 Å². The molecular weight excluding hydrogens is 514 g/mol. The van der Waals surface area contributed by atoms with Crippen LogP contribution in [0.4, 0.5) is 0 Å². The third-order valence-electron chi connectivity index (χ3n) is 7.11. The number of hydrogen-bond acceptors (Lipinski definition) is 5. The van der Waals surface area contributed by atoms with Crippen LogP contribution < -0.4 is 10.4 Å². The Morgan fingerprint density at radius 1 is 0.951 bits per heavy atom. The lowest BCUT2D eigenvalue weighted by Gasteiger charge is -2.19. The zero-order valence-electron chi connectivity index (χ0n) is 22.6. The number of aromatic nitrogens is 3. The summed E-state index contributed by atoms with van der Waals surface area (Å²) in [7, 11) is 0. The lowest BCUT2D eigenvalue weighted by Crippen LogP contribution is -2.18. The van der Waals surface area contributed by atoms with Gasteiger partial charge in [-0.3, -0.25) is 4.79 Å². The number of nitrogens with zero attached hydrogens (tertiary/aromatic N) is 2. The maximum Gasteiger partial charge on any atom is 0.332 e. The Hall–Kier alpha value is -5.17. The fourth-order valence-electron chi connectivity index (χ4n) is 5.19. The third-order valence-corrected chi connectivity index (χ3v) is 7.11. The second kappa shape index (κ2) is 11.5. The molecule has 7 heteroatoms. The van der Waals surface area contributed by atoms with Crippen molar-refractivity contribution in [3.63, 3.8) is 0 Å². The van der Waals surface area contributed by atoms with E-state index >= 15 is 0 Å². The molecule has 0 spiro atoms. The summed E-state index contributed by atoms with van der Waals surface area (Å²) in [5, 5.41) is 0.846. The van der Waals surface area contributed by atoms with Gasteiger partial charge in [-0.05, 0) is 47.4 Å². The van der Waals surface area contributed by atoms with Crippen LogP contribution in [0.1, 0.15) is 53.6 Å². The van der Waals surface area contributed by atoms with Crippen LogP contribution in [0.15, 0.2) is 119 Å². The van der Waals surface area contributed by atoms with E-state index in [0.29, 0.717) is 36.4 Å². The molecule has 3 aromatic heterocycles. The fourth-order valence-corrected chi connectivity index (χ4v) is 5.19. The van der Waals surface area contributed by atoms with Gasteiger partial charge in [0.2, 0.25) is 5.89 Å². The molecule has 6 aromatic rings. The van der Waals surface area contributed by atoms with Crippen LogP contribution in [0.3, 0.4) is 0 Å². The number of fused-ring (bicyclic) bond motifs is 1. The molecule has 0 radical (unpaired) electrons. The molecule has 7 nitrogen and oxygen atoms in total. The standard InChI is InChI=1S/C34H29N3O4/c1-2-10-31(38)41-37-18-17-28-29(15-9-16-30(28)37)34-36-27(22-40-34)20-25-19-26(21-35-33(25)39)32(23-11-5-3-6-12-23)24-13-7-4-8-14-24/h3-9,11-19,21-22,32H,2,10,20H2,1H3,(H,35,39). The van der Waals surface area contributed by atoms with E-state index in [2.05, 4.69) is 29.2 Å². The molecule has 0 saturated heterocycles. The molecule has 1 N–H and O–H groups in total. The molecule has 6 rings (SSSR count). The molecule has 0 aliphatic heterocycles. The first-order valence-corrected chi connectivity index (χ1v) is 13.7. The Labute approximate surface area is 237 Å². The Morgan fingerprint density at radius 3 is 2.39 bits per heavy atom. The molecule has 0 atom stereocenters. The lowest BCUT2D eigenvalue weighted by molar-refractivity contribution is -0.143. The minimum atomic E-state index is -0.289. The van der Waals surface area contributed by atoms with E-state index in [1.165, 1.54) is 4.73 Å². The lowest BCUT2D eigenvalue weighted by atomic mass is 9.85. The van der Waals surface area contributed by atoms with E-state index in [-0.39, 0.29) is 17.4 Å². The molecule has 3 heterocycles. The van der Waals surface area contributed by atoms with E-state index in [1.807, 2.05) is 73.7 Å². The number of H-pyrrole nitrogens is 1. The highest BCUT2D eigenvalue weighted by Gasteiger charge is 2.19. The molecule has 3 aromatic carbocycles. The van der Waals surface area contributed by atoms with Crippen LogP contribution in [-0.2, 0) is 11.2 Å². The van der Waals surface area contributed by atoms with Crippen LogP contribution in [0, 0.1) is 0 Å². The number of nitrogens with one attached hydrogen (secondary N) is 1. The normalized spacial score (nSPS) is 11.3. The molecule has 0 aliphatic carbocycles. The van der Waals surface area contributed by atoms with Crippen molar-refractivity contribution < 1.29 is 14.0 Å². The van der Waals surface area contributed by atoms with Gasteiger partial charge in [0.1, 0.15) is 6.26 Å². The van der Waals surface area contributed by atoms with Gasteiger partial charge in [0.05, 0.1) is 11.2 Å². The van der Waals surface area contributed by atoms with Crippen LogP contribution in [0.25, 0.3) is 22.4 Å². The van der Waals surface area contributed by atoms with Gasteiger partial charge >= 0.3 is 5.97 Å². The highest BCUT2D eigenvalue weighted by Crippen LogP contribution is 2.32. The first-order valence-electron chi connectivity index (χ1n) is 13.7. The molecule has 0 saturated carbocycles. The number of rotatable bonds is 9. The minimum absolute atomic E-state index is 0.0334. The molecule has 41 heavy (non-hydrogen) atoms. The van der Waals surface area contributed by atoms with Gasteiger partial charge in [-0.1, -0.05) is 73.7 Å². The van der Waals surface area contributed by atoms with Gasteiger partial charge < -0.3 is 14.2 Å². The van der Waals surface area contributed by atoms with Crippen molar-refractivity contribution in [2.75, 3.05) is 0 Å². The summed E-state index contributed by atoms with van der Waals surface area (Å²) < 4.78 is 7.35. The second-order valence-corrected chi connectivity index (χ2v) is 9.96. The summed E-state index contributed by atoms with van der Waals surface area (Å²) in [6, 6.07) is 30.0. The van der Waals surface area contributed by atoms with Crippen molar-refractivity contribution in [1.29, 1.82) is 0 Å². The number of carbonyl (C=O) groups excluding carboxylic acids is 1. The van der Waals surface area contributed by atoms with Gasteiger partial charge in [-0.2, -0.15) is 4.73 Å². The fraction of sp³-hybridized carbons (Fsp3) is 0.147. The Kier molecular flexibility index (Phi) is 7.32. The molecule has 0 fully saturated rings. The van der Waals surface area contributed by atoms with Crippen molar-refractivity contribution >= 4 is 16.9 Å². The SMILES string of the molecule is CCCC(=O)On1ccc2c(-c3nc(Cc4cc(C(c5ccccc5)c5ccccc5)c[nH]c4=O)co3)cccc21. The average molecular weight is 544 g/mol. The Bertz CT molecular complexity index is 1810. The number of benzene rings is 3. The topological polar surface area (TPSA) is 90.1 Å². The van der Waals surface area contributed by atoms with Gasteiger partial charge in [0.15, 0.2) is 0 Å². The van der Waals surface area contributed by atoms with Crippen molar-refractivity contribution in [3.05, 3.63) is 148 Å². The predicted octanol–water partition coefficient (Wildman–Crippen LogP) is 6.51. The number of aromatic amines is 1. The van der Waals surface area contributed by atoms with Crippen molar-refractivity contribution in [2.45, 2.75) is 32.1 Å². The van der Waals surface area contributed by atoms with Gasteiger partial charge in [0, 0.05) is 47.7 Å². The Balaban J connectivity index is 1.30. The predicted molar refractivity (Wildman–Crippen MR) is 158 cm³/mol. The van der Waals surface area contributed by atoms with Crippen LogP contribution in [-0.4, -0.2) is 20.7 Å². The molecule has 204 valence electrons. The number of hydrogen-bond donors (Lipinski definition) is 1. The molecule has 0 amide bonds. The minimum Gasteiger partial charge on any atom is -0.444 e. The summed E-state index contributed by atoms with van der Waals surface area (Å²) >= 11 is 0. The zero-order valence-corrected chi connectivity index (χ0v) is 22.6. The van der Waals surface area contributed by atoms with Gasteiger partial charge in [-0.25, -0.2) is 9.78 Å². The third kappa shape index (κ3) is 5.47. The van der Waals surface area contributed by atoms with E-state index in [4.69, 9.17) is 14.2 Å². The summed E-state index contributed by atoms with van der Waals surface area (Å²) in [5.74, 6) is 0.110. The van der Waals surface area contributed by atoms with Crippen molar-refractivity contribution in [1.82, 2.24) is 14.7 Å². The van der Waals surface area contributed by atoms with Gasteiger partial charge in [0.25, 0.3) is 5.56 Å². The maximum atomic E-state index is 12.9. The van der Waals surface area contributed by atoms with E-state index < -0.39 is 0 Å². The molecule has 0 bridgehead atoms. The first-order chi connectivity index (χ1) is 20.1. The smallest absolute Gasteiger partial charge is 0.332 e. The maximum absolute atomic E-state index is 12.9. The van der Waals surface area contributed by atoms with Crippen molar-refractivity contribution in [2.24, 2.45) is 0 Å². The van der Waals surface area contributed by atoms with E-state index in [9.17, 15) is 9.59 Å². The van der Waals surface area contributed by atoms with Crippen molar-refractivity contribution in [3.8, 4) is 11.5 Å². The van der Waals surface area contributed by atoms with Gasteiger partial charge in [-0.15, -0.1) is 0 Å². The summed E-state index contributed by atoms with van der Waals surface area (Å²) in [4.78, 5) is 38.1. The Morgan fingerprint density at radius 2 is 1.68 bits per heavy atom. The van der Waals surface area contributed by atoms with Crippen LogP contribution in [0.2, 0.25) is 0 Å².